The number of sulfone groups is 1. The molecule has 0 aliphatic heterocycles. The first-order chi connectivity index (χ1) is 17.1. The van der Waals surface area contributed by atoms with Gasteiger partial charge < -0.3 is 15.2 Å². The molecule has 0 spiro atoms. The number of carbonyl (C=O) groups excluding carboxylic acids is 2. The van der Waals surface area contributed by atoms with Gasteiger partial charge in [0.2, 0.25) is 0 Å². The molecule has 2 aliphatic carbocycles. The van der Waals surface area contributed by atoms with E-state index in [2.05, 4.69) is 41.3 Å². The van der Waals surface area contributed by atoms with Crippen molar-refractivity contribution < 1.29 is 35.9 Å². The topological polar surface area (TPSA) is 147 Å². The molecule has 4 rings (SSSR count). The van der Waals surface area contributed by atoms with Gasteiger partial charge >= 0.3 is 11.9 Å². The molecule has 2 saturated carbocycles. The zero-order chi connectivity index (χ0) is 28.1. The van der Waals surface area contributed by atoms with Crippen molar-refractivity contribution in [3.8, 4) is 0 Å². The van der Waals surface area contributed by atoms with E-state index in [4.69, 9.17) is 16.4 Å². The number of halogens is 4. The van der Waals surface area contributed by atoms with Gasteiger partial charge in [0, 0.05) is 19.6 Å². The molecule has 0 aromatic heterocycles. The standard InChI is InChI=1S/C12H13BrO4S.C6H4BrClO2S.C5H9NO2.CH4.ClH/c1-17-11(14)12(6-7-12)8-18(15,16)10-5-3-2-4-9(10)13;7-5-3-1-2-4-6(5)11(8,9)10;1-8-4(7)5(6)2-3-5;;/h2-5H,6-8H2,1H3;1-4H;2-3,6H2,1H3;1H4;1H. The lowest BCUT2D eigenvalue weighted by molar-refractivity contribution is -0.146. The van der Waals surface area contributed by atoms with Gasteiger partial charge in [0.25, 0.3) is 9.05 Å². The quantitative estimate of drug-likeness (QED) is 0.308. The molecule has 39 heavy (non-hydrogen) atoms. The molecule has 0 bridgehead atoms. The first-order valence-electron chi connectivity index (χ1n) is 10.7. The van der Waals surface area contributed by atoms with Crippen LogP contribution in [0.5, 0.6) is 0 Å². The zero-order valence-corrected chi connectivity index (χ0v) is 26.7. The molecular weight excluding hydrogens is 725 g/mol. The Morgan fingerprint density at radius 3 is 1.54 bits per heavy atom. The number of hydrogen-bond donors (Lipinski definition) is 1. The summed E-state index contributed by atoms with van der Waals surface area (Å²) in [6, 6.07) is 13.0. The summed E-state index contributed by atoms with van der Waals surface area (Å²) >= 11 is 6.29. The van der Waals surface area contributed by atoms with E-state index in [1.807, 2.05) is 0 Å². The first-order valence-corrected chi connectivity index (χ1v) is 16.3. The van der Waals surface area contributed by atoms with Crippen molar-refractivity contribution in [3.05, 3.63) is 57.5 Å². The lowest BCUT2D eigenvalue weighted by Gasteiger charge is -2.13. The maximum Gasteiger partial charge on any atom is 0.325 e. The number of esters is 2. The SMILES string of the molecule is C.COC(=O)C1(CS(=O)(=O)c2ccccc2Br)CC1.COC(=O)C1(N)CC1.Cl.O=S(=O)(Cl)c1ccccc1Br. The number of carbonyl (C=O) groups is 2. The van der Waals surface area contributed by atoms with E-state index in [9.17, 15) is 26.4 Å². The smallest absolute Gasteiger partial charge is 0.325 e. The highest BCUT2D eigenvalue weighted by atomic mass is 79.9. The lowest BCUT2D eigenvalue weighted by Crippen LogP contribution is -2.33. The van der Waals surface area contributed by atoms with Crippen LogP contribution in [0.2, 0.25) is 0 Å². The Morgan fingerprint density at radius 1 is 0.846 bits per heavy atom. The first kappa shape index (κ1) is 37.8. The molecule has 2 N–H and O–H groups in total. The Balaban J connectivity index is 0.000000591. The number of ether oxygens (including phenoxy) is 2. The summed E-state index contributed by atoms with van der Waals surface area (Å²) < 4.78 is 56.2. The summed E-state index contributed by atoms with van der Waals surface area (Å²) in [5.74, 6) is -0.898. The second-order valence-electron chi connectivity index (χ2n) is 8.48. The van der Waals surface area contributed by atoms with Gasteiger partial charge in [-0.3, -0.25) is 9.59 Å². The van der Waals surface area contributed by atoms with Crippen LogP contribution in [0.1, 0.15) is 33.1 Å². The maximum absolute atomic E-state index is 12.3. The summed E-state index contributed by atoms with van der Waals surface area (Å²) in [5.41, 5.74) is 3.99. The zero-order valence-electron chi connectivity index (χ0n) is 20.4. The Hall–Kier alpha value is -1.22. The Labute approximate surface area is 257 Å². The number of nitrogens with two attached hydrogens (primary N) is 1. The number of methoxy groups -OCH3 is 2. The van der Waals surface area contributed by atoms with E-state index in [0.29, 0.717) is 21.8 Å². The largest absolute Gasteiger partial charge is 0.469 e. The van der Waals surface area contributed by atoms with E-state index in [1.165, 1.54) is 26.4 Å². The molecule has 0 saturated heterocycles. The molecule has 2 aromatic rings. The average Bonchev–Trinajstić information content (AvgIpc) is 3.77. The third-order valence-corrected chi connectivity index (χ3v) is 10.8. The van der Waals surface area contributed by atoms with Crippen LogP contribution in [-0.2, 0) is 38.0 Å². The summed E-state index contributed by atoms with van der Waals surface area (Å²) in [6.45, 7) is 0. The van der Waals surface area contributed by atoms with Gasteiger partial charge in [0.15, 0.2) is 9.84 Å². The highest BCUT2D eigenvalue weighted by molar-refractivity contribution is 9.10. The van der Waals surface area contributed by atoms with Crippen molar-refractivity contribution in [1.82, 2.24) is 0 Å². The highest BCUT2D eigenvalue weighted by Crippen LogP contribution is 2.49. The fraction of sp³-hybridized carbons (Fsp3) is 0.417. The Kier molecular flexibility index (Phi) is 14.7. The van der Waals surface area contributed by atoms with Crippen molar-refractivity contribution in [1.29, 1.82) is 0 Å². The van der Waals surface area contributed by atoms with Crippen molar-refractivity contribution in [2.75, 3.05) is 20.0 Å². The fourth-order valence-electron chi connectivity index (χ4n) is 3.10. The Morgan fingerprint density at radius 2 is 1.26 bits per heavy atom. The molecule has 220 valence electrons. The van der Waals surface area contributed by atoms with Gasteiger partial charge in [0.05, 0.1) is 35.2 Å². The van der Waals surface area contributed by atoms with Crippen LogP contribution in [0.3, 0.4) is 0 Å². The average molecular weight is 756 g/mol. The summed E-state index contributed by atoms with van der Waals surface area (Å²) in [7, 11) is 0.651. The third kappa shape index (κ3) is 10.6. The molecule has 15 heteroatoms. The van der Waals surface area contributed by atoms with Crippen molar-refractivity contribution in [2.24, 2.45) is 11.1 Å². The molecule has 0 atom stereocenters. The van der Waals surface area contributed by atoms with Crippen LogP contribution < -0.4 is 5.73 Å². The van der Waals surface area contributed by atoms with E-state index in [1.54, 1.807) is 36.4 Å². The summed E-state index contributed by atoms with van der Waals surface area (Å²) in [6.07, 6.45) is 2.70. The van der Waals surface area contributed by atoms with Crippen LogP contribution in [-0.4, -0.2) is 54.3 Å². The number of hydrogen-bond acceptors (Lipinski definition) is 9. The normalized spacial score (nSPS) is 15.7. The van der Waals surface area contributed by atoms with Gasteiger partial charge in [-0.15, -0.1) is 12.4 Å². The van der Waals surface area contributed by atoms with Crippen LogP contribution in [0.15, 0.2) is 67.3 Å². The monoisotopic (exact) mass is 753 g/mol. The predicted octanol–water partition coefficient (Wildman–Crippen LogP) is 5.26. The van der Waals surface area contributed by atoms with Crippen LogP contribution in [0.4, 0.5) is 0 Å². The molecular formula is C24H31Br2Cl2NO8S2. The second kappa shape index (κ2) is 15.1. The van der Waals surface area contributed by atoms with Crippen molar-refractivity contribution in [3.63, 3.8) is 0 Å². The molecule has 9 nitrogen and oxygen atoms in total. The van der Waals surface area contributed by atoms with E-state index in [-0.39, 0.29) is 41.3 Å². The van der Waals surface area contributed by atoms with Gasteiger partial charge in [-0.05, 0) is 81.8 Å². The molecule has 0 unspecified atom stereocenters. The predicted molar refractivity (Wildman–Crippen MR) is 159 cm³/mol. The minimum absolute atomic E-state index is 0. The van der Waals surface area contributed by atoms with E-state index < -0.39 is 35.8 Å². The van der Waals surface area contributed by atoms with Gasteiger partial charge in [-0.2, -0.15) is 0 Å². The van der Waals surface area contributed by atoms with Crippen molar-refractivity contribution >= 4 is 85.8 Å². The van der Waals surface area contributed by atoms with E-state index >= 15 is 0 Å². The minimum atomic E-state index is -3.61. The fourth-order valence-corrected chi connectivity index (χ4v) is 8.21. The van der Waals surface area contributed by atoms with Gasteiger partial charge in [-0.25, -0.2) is 16.8 Å². The van der Waals surface area contributed by atoms with Gasteiger partial charge in [0.1, 0.15) is 5.54 Å². The third-order valence-electron chi connectivity index (χ3n) is 5.59. The molecule has 2 fully saturated rings. The molecule has 2 aliphatic rings. The Bertz CT molecular complexity index is 1360. The van der Waals surface area contributed by atoms with Crippen LogP contribution >= 0.6 is 54.9 Å². The minimum Gasteiger partial charge on any atom is -0.469 e. The molecule has 2 aromatic carbocycles. The van der Waals surface area contributed by atoms with Crippen molar-refractivity contribution in [2.45, 2.75) is 48.4 Å². The second-order valence-corrected chi connectivity index (χ2v) is 14.7. The maximum atomic E-state index is 12.3. The highest BCUT2D eigenvalue weighted by Gasteiger charge is 2.54. The number of benzene rings is 2. The van der Waals surface area contributed by atoms with E-state index in [0.717, 1.165) is 12.8 Å². The lowest BCUT2D eigenvalue weighted by atomic mass is 10.1. The summed E-state index contributed by atoms with van der Waals surface area (Å²) in [4.78, 5) is 22.5. The van der Waals surface area contributed by atoms with Gasteiger partial charge in [-0.1, -0.05) is 31.7 Å². The summed E-state index contributed by atoms with van der Waals surface area (Å²) in [5, 5.41) is 0. The molecule has 0 radical (unpaired) electrons. The van der Waals surface area contributed by atoms with Crippen LogP contribution in [0.25, 0.3) is 0 Å². The molecule has 0 heterocycles. The molecule has 0 amide bonds. The number of rotatable bonds is 6. The van der Waals surface area contributed by atoms with Crippen LogP contribution in [0, 0.1) is 5.41 Å².